The zero-order chi connectivity index (χ0) is 8.97. The van der Waals surface area contributed by atoms with Crippen LogP contribution in [0.25, 0.3) is 0 Å². The molecule has 0 atom stereocenters. The molecule has 12 heavy (non-hydrogen) atoms. The van der Waals surface area contributed by atoms with Crippen molar-refractivity contribution in [1.82, 2.24) is 0 Å². The number of benzene rings is 1. The van der Waals surface area contributed by atoms with Crippen LogP contribution in [0.5, 0.6) is 5.75 Å². The van der Waals surface area contributed by atoms with E-state index in [2.05, 4.69) is 4.74 Å². The van der Waals surface area contributed by atoms with Crippen LogP contribution in [-0.2, 0) is 0 Å². The third-order valence-electron chi connectivity index (χ3n) is 1.18. The van der Waals surface area contributed by atoms with Crippen molar-refractivity contribution < 1.29 is 13.5 Å². The standard InChI is InChI=1S/C8H7F2NO/c9-5-8(10)12-7-3-1-6(11)2-4-7/h1-5H,11H2. The Labute approximate surface area is 68.3 Å². The minimum Gasteiger partial charge on any atom is -0.430 e. The summed E-state index contributed by atoms with van der Waals surface area (Å²) in [6.45, 7) is 0. The molecule has 0 saturated carbocycles. The summed E-state index contributed by atoms with van der Waals surface area (Å²) in [5.74, 6) is 0.204. The van der Waals surface area contributed by atoms with E-state index in [4.69, 9.17) is 5.73 Å². The van der Waals surface area contributed by atoms with Crippen LogP contribution in [0.3, 0.4) is 0 Å². The van der Waals surface area contributed by atoms with E-state index in [1.807, 2.05) is 0 Å². The van der Waals surface area contributed by atoms with Crippen molar-refractivity contribution in [3.05, 3.63) is 36.6 Å². The first kappa shape index (κ1) is 8.52. The van der Waals surface area contributed by atoms with Gasteiger partial charge in [0.05, 0.1) is 0 Å². The quantitative estimate of drug-likeness (QED) is 0.547. The van der Waals surface area contributed by atoms with Crippen molar-refractivity contribution in [2.45, 2.75) is 0 Å². The predicted octanol–water partition coefficient (Wildman–Crippen LogP) is 2.39. The highest BCUT2D eigenvalue weighted by Crippen LogP contribution is 2.16. The zero-order valence-electron chi connectivity index (χ0n) is 6.13. The number of rotatable bonds is 2. The van der Waals surface area contributed by atoms with Gasteiger partial charge < -0.3 is 10.5 Å². The molecule has 1 rings (SSSR count). The lowest BCUT2D eigenvalue weighted by Crippen LogP contribution is -1.89. The fourth-order valence-electron chi connectivity index (χ4n) is 0.671. The lowest BCUT2D eigenvalue weighted by molar-refractivity contribution is 0.289. The van der Waals surface area contributed by atoms with Crippen LogP contribution in [0.2, 0.25) is 0 Å². The van der Waals surface area contributed by atoms with Crippen LogP contribution in [0, 0.1) is 0 Å². The predicted molar refractivity (Wildman–Crippen MR) is 41.8 cm³/mol. The monoisotopic (exact) mass is 171 g/mol. The van der Waals surface area contributed by atoms with Gasteiger partial charge in [-0.25, -0.2) is 4.39 Å². The molecule has 0 spiro atoms. The van der Waals surface area contributed by atoms with Crippen LogP contribution in [0.15, 0.2) is 36.6 Å². The van der Waals surface area contributed by atoms with Crippen LogP contribution in [-0.4, -0.2) is 0 Å². The molecule has 1 aromatic carbocycles. The molecule has 0 saturated heterocycles. The molecule has 0 unspecified atom stereocenters. The number of halogens is 2. The molecule has 2 N–H and O–H groups in total. The van der Waals surface area contributed by atoms with Gasteiger partial charge >= 0.3 is 6.01 Å². The molecule has 0 heterocycles. The van der Waals surface area contributed by atoms with Gasteiger partial charge in [-0.05, 0) is 24.3 Å². The molecule has 64 valence electrons. The second kappa shape index (κ2) is 3.71. The Balaban J connectivity index is 2.71. The summed E-state index contributed by atoms with van der Waals surface area (Å²) in [6.07, 6.45) is -0.254. The van der Waals surface area contributed by atoms with Crippen LogP contribution >= 0.6 is 0 Å². The van der Waals surface area contributed by atoms with Gasteiger partial charge in [0.15, 0.2) is 6.33 Å². The van der Waals surface area contributed by atoms with Gasteiger partial charge in [-0.1, -0.05) is 0 Å². The third-order valence-corrected chi connectivity index (χ3v) is 1.18. The molecule has 0 amide bonds. The molecule has 0 aliphatic rings. The van der Waals surface area contributed by atoms with E-state index >= 15 is 0 Å². The molecule has 1 aromatic rings. The normalized spacial score (nSPS) is 11.3. The lowest BCUT2D eigenvalue weighted by atomic mass is 10.3. The zero-order valence-corrected chi connectivity index (χ0v) is 6.13. The average Bonchev–Trinajstić information content (AvgIpc) is 2.09. The molecule has 2 nitrogen and oxygen atoms in total. The van der Waals surface area contributed by atoms with Crippen molar-refractivity contribution in [1.29, 1.82) is 0 Å². The second-order valence-electron chi connectivity index (χ2n) is 2.08. The summed E-state index contributed by atoms with van der Waals surface area (Å²) in [5.41, 5.74) is 5.89. The molecule has 0 aromatic heterocycles. The molecule has 0 radical (unpaired) electrons. The van der Waals surface area contributed by atoms with Gasteiger partial charge in [-0.3, -0.25) is 0 Å². The fourth-order valence-corrected chi connectivity index (χ4v) is 0.671. The highest BCUT2D eigenvalue weighted by Gasteiger charge is 1.97. The summed E-state index contributed by atoms with van der Waals surface area (Å²) < 4.78 is 28.0. The molecule has 0 fully saturated rings. The molecule has 0 aliphatic carbocycles. The van der Waals surface area contributed by atoms with Crippen LogP contribution in [0.4, 0.5) is 14.5 Å². The Bertz CT molecular complexity index is 282. The van der Waals surface area contributed by atoms with Crippen molar-refractivity contribution >= 4 is 5.69 Å². The minimum absolute atomic E-state index is 0.204. The maximum absolute atomic E-state index is 12.2. The van der Waals surface area contributed by atoms with E-state index in [0.717, 1.165) is 0 Å². The SMILES string of the molecule is Nc1ccc(OC(F)=CF)cc1. The van der Waals surface area contributed by atoms with Gasteiger partial charge in [0.25, 0.3) is 0 Å². The number of nitrogens with two attached hydrogens (primary N) is 1. The number of hydrogen-bond acceptors (Lipinski definition) is 2. The molecular formula is C8H7F2NO. The van der Waals surface area contributed by atoms with Gasteiger partial charge in [0.1, 0.15) is 5.75 Å². The highest BCUT2D eigenvalue weighted by molar-refractivity contribution is 5.41. The van der Waals surface area contributed by atoms with Crippen molar-refractivity contribution in [2.75, 3.05) is 5.73 Å². The summed E-state index contributed by atoms with van der Waals surface area (Å²) in [6, 6.07) is 4.66. The molecule has 4 heteroatoms. The number of nitrogen functional groups attached to an aromatic ring is 1. The summed E-state index contributed by atoms with van der Waals surface area (Å²) >= 11 is 0. The van der Waals surface area contributed by atoms with E-state index in [9.17, 15) is 8.78 Å². The first-order valence-corrected chi connectivity index (χ1v) is 3.21. The number of ether oxygens (including phenoxy) is 1. The summed E-state index contributed by atoms with van der Waals surface area (Å²) in [5, 5.41) is 0. The average molecular weight is 171 g/mol. The van der Waals surface area contributed by atoms with Gasteiger partial charge in [-0.2, -0.15) is 4.39 Å². The second-order valence-corrected chi connectivity index (χ2v) is 2.08. The first-order chi connectivity index (χ1) is 5.72. The maximum atomic E-state index is 12.2. The Morgan fingerprint density at radius 2 is 1.92 bits per heavy atom. The lowest BCUT2D eigenvalue weighted by Gasteiger charge is -2.00. The first-order valence-electron chi connectivity index (χ1n) is 3.21. The van der Waals surface area contributed by atoms with E-state index in [1.165, 1.54) is 24.3 Å². The highest BCUT2D eigenvalue weighted by atomic mass is 19.2. The maximum Gasteiger partial charge on any atom is 0.306 e. The number of anilines is 1. The van der Waals surface area contributed by atoms with E-state index in [1.54, 1.807) is 0 Å². The Hall–Kier alpha value is -1.58. The Morgan fingerprint density at radius 3 is 2.42 bits per heavy atom. The Morgan fingerprint density at radius 1 is 1.33 bits per heavy atom. The van der Waals surface area contributed by atoms with E-state index < -0.39 is 6.01 Å². The van der Waals surface area contributed by atoms with Crippen molar-refractivity contribution in [3.8, 4) is 5.75 Å². The van der Waals surface area contributed by atoms with Gasteiger partial charge in [0.2, 0.25) is 0 Å². The largest absolute Gasteiger partial charge is 0.430 e. The third kappa shape index (κ3) is 2.23. The van der Waals surface area contributed by atoms with Gasteiger partial charge in [-0.15, -0.1) is 0 Å². The fraction of sp³-hybridized carbons (Fsp3) is 0. The number of hydrogen-bond donors (Lipinski definition) is 1. The topological polar surface area (TPSA) is 35.2 Å². The van der Waals surface area contributed by atoms with Crippen molar-refractivity contribution in [2.24, 2.45) is 0 Å². The summed E-state index contributed by atoms with van der Waals surface area (Å²) in [4.78, 5) is 0. The van der Waals surface area contributed by atoms with Crippen LogP contribution < -0.4 is 10.5 Å². The molecule has 0 bridgehead atoms. The smallest absolute Gasteiger partial charge is 0.306 e. The van der Waals surface area contributed by atoms with Crippen molar-refractivity contribution in [3.63, 3.8) is 0 Å². The van der Waals surface area contributed by atoms with E-state index in [-0.39, 0.29) is 12.1 Å². The minimum atomic E-state index is -1.28. The molecular weight excluding hydrogens is 164 g/mol. The molecule has 0 aliphatic heterocycles. The van der Waals surface area contributed by atoms with Crippen LogP contribution in [0.1, 0.15) is 0 Å². The van der Waals surface area contributed by atoms with Gasteiger partial charge in [0, 0.05) is 5.69 Å². The van der Waals surface area contributed by atoms with E-state index in [0.29, 0.717) is 5.69 Å². The Kier molecular flexibility index (Phi) is 2.63. The summed E-state index contributed by atoms with van der Waals surface area (Å²) in [7, 11) is 0.